The summed E-state index contributed by atoms with van der Waals surface area (Å²) in [4.78, 5) is 29.7. The highest BCUT2D eigenvalue weighted by Crippen LogP contribution is 2.31. The minimum Gasteiger partial charge on any atom is -0.381 e. The standard InChI is InChI=1S/C38H47N9O2/c1-24(2)30-23-40-47-36(30)44-37(41-27-16-18-28(49-6)19-17-27)45-38(47)39-22-31-25(3)10-7-12-29(31)32-20-15-26-11-8-13-33(35(26)43-32)42-34(48)14-9-21-46(4)5/h7-15,20,23-24,27-28H,16-19,21-22H2,1-6H3,(H,42,48)(H2,39,41,44,45)/b14-9+/t27-,28-. The molecule has 0 aliphatic heterocycles. The fourth-order valence-electron chi connectivity index (χ4n) is 6.39. The molecule has 49 heavy (non-hydrogen) atoms. The van der Waals surface area contributed by atoms with Crippen LogP contribution in [-0.4, -0.2) is 75.3 Å². The Hall–Kier alpha value is -4.87. The van der Waals surface area contributed by atoms with E-state index in [2.05, 4.69) is 66.1 Å². The number of anilines is 3. The van der Waals surface area contributed by atoms with Gasteiger partial charge in [-0.25, -0.2) is 4.98 Å². The Morgan fingerprint density at radius 3 is 2.59 bits per heavy atom. The number of hydrogen-bond donors (Lipinski definition) is 3. The Morgan fingerprint density at radius 1 is 1.04 bits per heavy atom. The topological polar surface area (TPSA) is 122 Å². The number of nitrogens with one attached hydrogen (secondary N) is 3. The number of hydrogen-bond acceptors (Lipinski definition) is 9. The summed E-state index contributed by atoms with van der Waals surface area (Å²) < 4.78 is 7.38. The molecule has 11 nitrogen and oxygen atoms in total. The molecule has 5 aromatic rings. The normalized spacial score (nSPS) is 16.7. The van der Waals surface area contributed by atoms with E-state index in [-0.39, 0.29) is 17.9 Å². The molecule has 1 amide bonds. The van der Waals surface area contributed by atoms with Crippen molar-refractivity contribution in [3.05, 3.63) is 83.6 Å². The van der Waals surface area contributed by atoms with Gasteiger partial charge in [0.1, 0.15) is 0 Å². The second-order valence-electron chi connectivity index (χ2n) is 13.4. The van der Waals surface area contributed by atoms with Crippen LogP contribution in [0.15, 0.2) is 66.9 Å². The van der Waals surface area contributed by atoms with Gasteiger partial charge in [0.05, 0.1) is 29.2 Å². The van der Waals surface area contributed by atoms with Crippen LogP contribution >= 0.6 is 0 Å². The lowest BCUT2D eigenvalue weighted by Gasteiger charge is -2.28. The molecule has 0 spiro atoms. The van der Waals surface area contributed by atoms with Crippen LogP contribution in [0.2, 0.25) is 0 Å². The van der Waals surface area contributed by atoms with E-state index in [4.69, 9.17) is 19.7 Å². The first-order valence-electron chi connectivity index (χ1n) is 17.1. The molecule has 0 unspecified atom stereocenters. The lowest BCUT2D eigenvalue weighted by molar-refractivity contribution is -0.111. The van der Waals surface area contributed by atoms with Crippen LogP contribution in [0.1, 0.15) is 62.1 Å². The SMILES string of the molecule is CO[C@H]1CC[C@H](Nc2nc(NCc3c(C)cccc3-c3ccc4cccc(NC(=O)/C=C/CN(C)C)c4n3)n3ncc(C(C)C)c3n2)CC1. The van der Waals surface area contributed by atoms with Gasteiger partial charge in [-0.1, -0.05) is 56.3 Å². The minimum atomic E-state index is -0.186. The highest BCUT2D eigenvalue weighted by molar-refractivity contribution is 6.05. The largest absolute Gasteiger partial charge is 0.381 e. The summed E-state index contributed by atoms with van der Waals surface area (Å²) in [6.07, 6.45) is 9.68. The summed E-state index contributed by atoms with van der Waals surface area (Å²) in [7, 11) is 5.72. The highest BCUT2D eigenvalue weighted by atomic mass is 16.5. The van der Waals surface area contributed by atoms with Crippen LogP contribution in [0, 0.1) is 6.92 Å². The number of methoxy groups -OCH3 is 1. The van der Waals surface area contributed by atoms with E-state index < -0.39 is 0 Å². The number of ether oxygens (including phenoxy) is 1. The first kappa shape index (κ1) is 34.0. The number of nitrogens with zero attached hydrogens (tertiary/aromatic N) is 6. The molecule has 3 heterocycles. The van der Waals surface area contributed by atoms with Gasteiger partial charge in [-0.05, 0) is 75.9 Å². The van der Waals surface area contributed by atoms with Gasteiger partial charge in [0.2, 0.25) is 17.8 Å². The minimum absolute atomic E-state index is 0.186. The van der Waals surface area contributed by atoms with Gasteiger partial charge in [-0.2, -0.15) is 19.6 Å². The Kier molecular flexibility index (Phi) is 10.5. The number of aryl methyl sites for hydroxylation is 1. The van der Waals surface area contributed by atoms with Crippen molar-refractivity contribution in [3.63, 3.8) is 0 Å². The summed E-state index contributed by atoms with van der Waals surface area (Å²) in [5.74, 6) is 1.30. The fourth-order valence-corrected chi connectivity index (χ4v) is 6.39. The highest BCUT2D eigenvalue weighted by Gasteiger charge is 2.23. The van der Waals surface area contributed by atoms with Gasteiger partial charge in [0.25, 0.3) is 0 Å². The number of aromatic nitrogens is 5. The lowest BCUT2D eigenvalue weighted by atomic mass is 9.93. The van der Waals surface area contributed by atoms with Gasteiger partial charge in [0.15, 0.2) is 5.65 Å². The smallest absolute Gasteiger partial charge is 0.248 e. The van der Waals surface area contributed by atoms with Crippen molar-refractivity contribution in [3.8, 4) is 11.3 Å². The van der Waals surface area contributed by atoms with E-state index in [0.29, 0.717) is 36.8 Å². The lowest BCUT2D eigenvalue weighted by Crippen LogP contribution is -2.30. The average Bonchev–Trinajstić information content (AvgIpc) is 3.52. The number of likely N-dealkylation sites (N-methyl/N-ethyl adjacent to an activating group) is 1. The van der Waals surface area contributed by atoms with Crippen LogP contribution in [0.5, 0.6) is 0 Å². The van der Waals surface area contributed by atoms with Gasteiger partial charge in [-0.15, -0.1) is 0 Å². The first-order chi connectivity index (χ1) is 23.7. The molecule has 0 atom stereocenters. The molecule has 11 heteroatoms. The molecule has 2 aromatic carbocycles. The zero-order valence-electron chi connectivity index (χ0n) is 29.3. The number of fused-ring (bicyclic) bond motifs is 2. The zero-order chi connectivity index (χ0) is 34.5. The third-order valence-corrected chi connectivity index (χ3v) is 9.19. The van der Waals surface area contributed by atoms with Crippen LogP contribution in [-0.2, 0) is 16.1 Å². The number of carbonyl (C=O) groups is 1. The van der Waals surface area contributed by atoms with E-state index in [0.717, 1.165) is 70.2 Å². The molecule has 6 rings (SSSR count). The van der Waals surface area contributed by atoms with E-state index in [9.17, 15) is 4.79 Å². The third kappa shape index (κ3) is 7.90. The predicted octanol–water partition coefficient (Wildman–Crippen LogP) is 6.81. The molecular formula is C38H47N9O2. The van der Waals surface area contributed by atoms with Crippen molar-refractivity contribution in [1.82, 2.24) is 29.5 Å². The second-order valence-corrected chi connectivity index (χ2v) is 13.4. The van der Waals surface area contributed by atoms with Crippen molar-refractivity contribution >= 4 is 40.0 Å². The maximum atomic E-state index is 12.7. The molecule has 1 aliphatic carbocycles. The van der Waals surface area contributed by atoms with Crippen molar-refractivity contribution in [2.75, 3.05) is 43.7 Å². The monoisotopic (exact) mass is 661 g/mol. The van der Waals surface area contributed by atoms with Crippen molar-refractivity contribution in [2.24, 2.45) is 0 Å². The molecule has 0 bridgehead atoms. The second kappa shape index (κ2) is 15.1. The average molecular weight is 662 g/mol. The van der Waals surface area contributed by atoms with Crippen molar-refractivity contribution < 1.29 is 9.53 Å². The van der Waals surface area contributed by atoms with Gasteiger partial charge in [-0.3, -0.25) is 4.79 Å². The molecule has 0 radical (unpaired) electrons. The van der Waals surface area contributed by atoms with E-state index in [1.165, 1.54) is 0 Å². The fraction of sp³-hybridized carbons (Fsp3) is 0.395. The third-order valence-electron chi connectivity index (χ3n) is 9.19. The Balaban J connectivity index is 1.29. The van der Waals surface area contributed by atoms with Crippen LogP contribution in [0.4, 0.5) is 17.6 Å². The Morgan fingerprint density at radius 2 is 1.84 bits per heavy atom. The summed E-state index contributed by atoms with van der Waals surface area (Å²) in [6.45, 7) is 7.60. The molecule has 3 N–H and O–H groups in total. The Bertz CT molecular complexity index is 1960. The maximum absolute atomic E-state index is 12.7. The molecule has 1 aliphatic rings. The van der Waals surface area contributed by atoms with Gasteiger partial charge >= 0.3 is 0 Å². The van der Waals surface area contributed by atoms with Gasteiger partial charge < -0.3 is 25.6 Å². The molecule has 1 fully saturated rings. The van der Waals surface area contributed by atoms with Crippen molar-refractivity contribution in [1.29, 1.82) is 0 Å². The van der Waals surface area contributed by atoms with Crippen LogP contribution in [0.25, 0.3) is 27.8 Å². The predicted molar refractivity (Wildman–Crippen MR) is 197 cm³/mol. The summed E-state index contributed by atoms with van der Waals surface area (Å²) >= 11 is 0. The van der Waals surface area contributed by atoms with Gasteiger partial charge in [0, 0.05) is 48.8 Å². The molecule has 3 aromatic heterocycles. The number of benzene rings is 2. The molecule has 256 valence electrons. The van der Waals surface area contributed by atoms with Crippen LogP contribution < -0.4 is 16.0 Å². The summed E-state index contributed by atoms with van der Waals surface area (Å²) in [6, 6.07) is 16.5. The van der Waals surface area contributed by atoms with Crippen molar-refractivity contribution in [2.45, 2.75) is 71.1 Å². The molecular weight excluding hydrogens is 614 g/mol. The van der Waals surface area contributed by atoms with E-state index in [1.807, 2.05) is 55.5 Å². The Labute approximate surface area is 288 Å². The number of pyridine rings is 1. The first-order valence-corrected chi connectivity index (χ1v) is 17.1. The maximum Gasteiger partial charge on any atom is 0.248 e. The molecule has 0 saturated heterocycles. The number of rotatable bonds is 12. The van der Waals surface area contributed by atoms with Crippen LogP contribution in [0.3, 0.4) is 0 Å². The zero-order valence-corrected chi connectivity index (χ0v) is 29.3. The number of amides is 1. The quantitative estimate of drug-likeness (QED) is 0.124. The van der Waals surface area contributed by atoms with E-state index in [1.54, 1.807) is 17.7 Å². The molecule has 1 saturated carbocycles. The summed E-state index contributed by atoms with van der Waals surface area (Å²) in [5, 5.41) is 15.9. The number of carbonyl (C=O) groups excluding carboxylic acids is 1. The number of para-hydroxylation sites is 1. The summed E-state index contributed by atoms with van der Waals surface area (Å²) in [5.41, 5.74) is 7.33. The van der Waals surface area contributed by atoms with E-state index >= 15 is 0 Å².